The van der Waals surface area contributed by atoms with Crippen LogP contribution in [0.2, 0.25) is 0 Å². The van der Waals surface area contributed by atoms with Crippen LogP contribution in [0.3, 0.4) is 0 Å². The first-order valence-corrected chi connectivity index (χ1v) is 12.5. The summed E-state index contributed by atoms with van der Waals surface area (Å²) in [6, 6.07) is 0. The van der Waals surface area contributed by atoms with Gasteiger partial charge in [-0.3, -0.25) is 14.4 Å². The second-order valence-electron chi connectivity index (χ2n) is 10.8. The molecular formula is C27H40O6. The van der Waals surface area contributed by atoms with Crippen molar-refractivity contribution in [2.45, 2.75) is 98.4 Å². The third kappa shape index (κ3) is 6.27. The van der Waals surface area contributed by atoms with E-state index < -0.39 is 11.5 Å². The van der Waals surface area contributed by atoms with Gasteiger partial charge in [-0.15, -0.1) is 0 Å². The largest absolute Gasteiger partial charge is 0.462 e. The second kappa shape index (κ2) is 10.4. The van der Waals surface area contributed by atoms with Crippen molar-refractivity contribution >= 4 is 17.9 Å². The number of allylic oxidation sites excluding steroid dienone is 3. The summed E-state index contributed by atoms with van der Waals surface area (Å²) in [5.41, 5.74) is 0.750. The van der Waals surface area contributed by atoms with Crippen molar-refractivity contribution in [2.24, 2.45) is 29.1 Å². The van der Waals surface area contributed by atoms with Crippen molar-refractivity contribution in [3.05, 3.63) is 23.8 Å². The quantitative estimate of drug-likeness (QED) is 0.386. The van der Waals surface area contributed by atoms with Gasteiger partial charge in [0.15, 0.2) is 0 Å². The van der Waals surface area contributed by atoms with Gasteiger partial charge in [0, 0.05) is 19.3 Å². The maximum absolute atomic E-state index is 12.9. The molecule has 1 saturated heterocycles. The van der Waals surface area contributed by atoms with Gasteiger partial charge in [0.05, 0.1) is 11.8 Å². The Hall–Kier alpha value is -2.11. The summed E-state index contributed by atoms with van der Waals surface area (Å²) < 4.78 is 17.0. The van der Waals surface area contributed by atoms with Crippen LogP contribution in [-0.2, 0) is 28.6 Å². The number of hydrogen-bond donors (Lipinski definition) is 0. The first-order valence-electron chi connectivity index (χ1n) is 12.5. The average Bonchev–Trinajstić information content (AvgIpc) is 2.72. The average molecular weight is 461 g/mol. The molecule has 1 fully saturated rings. The predicted octanol–water partition coefficient (Wildman–Crippen LogP) is 5.16. The fourth-order valence-electron chi connectivity index (χ4n) is 5.39. The van der Waals surface area contributed by atoms with E-state index >= 15 is 0 Å². The molecule has 1 aliphatic heterocycles. The fourth-order valence-corrected chi connectivity index (χ4v) is 5.39. The Balaban J connectivity index is 1.74. The summed E-state index contributed by atoms with van der Waals surface area (Å²) in [6.45, 7) is 11.6. The molecule has 7 atom stereocenters. The van der Waals surface area contributed by atoms with Crippen LogP contribution in [0.5, 0.6) is 0 Å². The zero-order valence-corrected chi connectivity index (χ0v) is 21.0. The SMILES string of the molecule is CCC(C)(C)C(=O)OC1CC(C)C=C2C=CC(C)C(CC[C@@H]3C[C@@H](OC(C)=O)CC(=O)O3)C21. The molecule has 0 saturated carbocycles. The zero-order chi connectivity index (χ0) is 24.3. The summed E-state index contributed by atoms with van der Waals surface area (Å²) in [6.07, 6.45) is 9.70. The highest BCUT2D eigenvalue weighted by atomic mass is 16.6. The molecule has 6 heteroatoms. The first kappa shape index (κ1) is 25.5. The Bertz CT molecular complexity index is 807. The van der Waals surface area contributed by atoms with Crippen LogP contribution >= 0.6 is 0 Å². The molecule has 0 aromatic heterocycles. The molecule has 3 rings (SSSR count). The van der Waals surface area contributed by atoms with E-state index in [-0.39, 0.29) is 48.4 Å². The molecule has 33 heavy (non-hydrogen) atoms. The van der Waals surface area contributed by atoms with Gasteiger partial charge in [-0.1, -0.05) is 39.0 Å². The Morgan fingerprint density at radius 3 is 2.55 bits per heavy atom. The van der Waals surface area contributed by atoms with E-state index in [1.807, 2.05) is 20.8 Å². The third-order valence-corrected chi connectivity index (χ3v) is 7.66. The van der Waals surface area contributed by atoms with E-state index in [9.17, 15) is 14.4 Å². The summed E-state index contributed by atoms with van der Waals surface area (Å²) in [4.78, 5) is 36.3. The highest BCUT2D eigenvalue weighted by molar-refractivity contribution is 5.76. The van der Waals surface area contributed by atoms with Crippen molar-refractivity contribution in [1.29, 1.82) is 0 Å². The van der Waals surface area contributed by atoms with Crippen molar-refractivity contribution in [3.63, 3.8) is 0 Å². The summed E-state index contributed by atoms with van der Waals surface area (Å²) in [5.74, 6) is 0.283. The Morgan fingerprint density at radius 1 is 1.15 bits per heavy atom. The topological polar surface area (TPSA) is 78.9 Å². The second-order valence-corrected chi connectivity index (χ2v) is 10.8. The van der Waals surface area contributed by atoms with E-state index in [1.165, 1.54) is 12.5 Å². The molecule has 5 unspecified atom stereocenters. The molecule has 0 N–H and O–H groups in total. The normalized spacial score (nSPS) is 34.1. The van der Waals surface area contributed by atoms with Gasteiger partial charge in [0.2, 0.25) is 0 Å². The fraction of sp³-hybridized carbons (Fsp3) is 0.741. The van der Waals surface area contributed by atoms with Gasteiger partial charge in [-0.05, 0) is 62.9 Å². The molecular weight excluding hydrogens is 420 g/mol. The van der Waals surface area contributed by atoms with Crippen molar-refractivity contribution in [2.75, 3.05) is 0 Å². The van der Waals surface area contributed by atoms with Crippen LogP contribution in [0.4, 0.5) is 0 Å². The number of rotatable bonds is 7. The number of cyclic esters (lactones) is 1. The van der Waals surface area contributed by atoms with Gasteiger partial charge in [0.25, 0.3) is 0 Å². The van der Waals surface area contributed by atoms with Gasteiger partial charge in [0.1, 0.15) is 18.3 Å². The van der Waals surface area contributed by atoms with E-state index in [2.05, 4.69) is 32.1 Å². The van der Waals surface area contributed by atoms with Crippen LogP contribution in [0.15, 0.2) is 23.8 Å². The molecule has 0 amide bonds. The lowest BCUT2D eigenvalue weighted by Crippen LogP contribution is -2.43. The minimum absolute atomic E-state index is 0.122. The highest BCUT2D eigenvalue weighted by Gasteiger charge is 2.43. The van der Waals surface area contributed by atoms with E-state index in [0.717, 1.165) is 19.3 Å². The van der Waals surface area contributed by atoms with Gasteiger partial charge < -0.3 is 14.2 Å². The molecule has 0 bridgehead atoms. The highest BCUT2D eigenvalue weighted by Crippen LogP contribution is 2.45. The standard InChI is InChI=1S/C27H40O6/c1-7-27(5,6)26(30)33-23-13-16(2)12-19-9-8-17(3)22(25(19)23)11-10-20-14-21(31-18(4)28)15-24(29)32-20/h8-9,12,16-17,20-23,25H,7,10-11,13-15H2,1-6H3/t16?,17?,20-,21-,22?,23?,25?/m1/s1. The van der Waals surface area contributed by atoms with Crippen LogP contribution in [0.1, 0.15) is 80.1 Å². The van der Waals surface area contributed by atoms with Crippen LogP contribution in [-0.4, -0.2) is 36.2 Å². The number of esters is 3. The smallest absolute Gasteiger partial charge is 0.311 e. The van der Waals surface area contributed by atoms with Crippen LogP contribution in [0.25, 0.3) is 0 Å². The number of fused-ring (bicyclic) bond motifs is 1. The Labute approximate surface area is 198 Å². The summed E-state index contributed by atoms with van der Waals surface area (Å²) in [7, 11) is 0. The number of carbonyl (C=O) groups excluding carboxylic acids is 3. The monoisotopic (exact) mass is 460 g/mol. The summed E-state index contributed by atoms with van der Waals surface area (Å²) >= 11 is 0. The molecule has 3 aliphatic rings. The zero-order valence-electron chi connectivity index (χ0n) is 21.0. The summed E-state index contributed by atoms with van der Waals surface area (Å²) in [5, 5.41) is 0. The molecule has 184 valence electrons. The van der Waals surface area contributed by atoms with Crippen LogP contribution in [0, 0.1) is 29.1 Å². The van der Waals surface area contributed by atoms with Crippen LogP contribution < -0.4 is 0 Å². The predicted molar refractivity (Wildman–Crippen MR) is 125 cm³/mol. The minimum atomic E-state index is -0.502. The number of hydrogen-bond acceptors (Lipinski definition) is 6. The van der Waals surface area contributed by atoms with E-state index in [4.69, 9.17) is 14.2 Å². The third-order valence-electron chi connectivity index (χ3n) is 7.66. The Kier molecular flexibility index (Phi) is 8.07. The molecule has 2 aliphatic carbocycles. The molecule has 0 radical (unpaired) electrons. The molecule has 0 aromatic rings. The lowest BCUT2D eigenvalue weighted by molar-refractivity contribution is -0.170. The maximum atomic E-state index is 12.9. The van der Waals surface area contributed by atoms with E-state index in [0.29, 0.717) is 24.7 Å². The van der Waals surface area contributed by atoms with Crippen molar-refractivity contribution in [1.82, 2.24) is 0 Å². The lowest BCUT2D eigenvalue weighted by atomic mass is 9.65. The lowest BCUT2D eigenvalue weighted by Gasteiger charge is -2.44. The molecule has 1 heterocycles. The minimum Gasteiger partial charge on any atom is -0.462 e. The number of carbonyl (C=O) groups is 3. The molecule has 0 aromatic carbocycles. The van der Waals surface area contributed by atoms with Gasteiger partial charge in [-0.25, -0.2) is 0 Å². The van der Waals surface area contributed by atoms with Gasteiger partial charge in [-0.2, -0.15) is 0 Å². The van der Waals surface area contributed by atoms with E-state index in [1.54, 1.807) is 0 Å². The first-order chi connectivity index (χ1) is 15.5. The Morgan fingerprint density at radius 2 is 1.88 bits per heavy atom. The van der Waals surface area contributed by atoms with Crippen molar-refractivity contribution in [3.8, 4) is 0 Å². The molecule has 6 nitrogen and oxygen atoms in total. The number of ether oxygens (including phenoxy) is 3. The molecule has 0 spiro atoms. The van der Waals surface area contributed by atoms with Crippen molar-refractivity contribution < 1.29 is 28.6 Å². The van der Waals surface area contributed by atoms with Gasteiger partial charge >= 0.3 is 17.9 Å². The maximum Gasteiger partial charge on any atom is 0.311 e.